The summed E-state index contributed by atoms with van der Waals surface area (Å²) in [5.41, 5.74) is 2.58. The molecule has 0 unspecified atom stereocenters. The summed E-state index contributed by atoms with van der Waals surface area (Å²) >= 11 is 0. The van der Waals surface area contributed by atoms with Gasteiger partial charge in [0.1, 0.15) is 0 Å². The van der Waals surface area contributed by atoms with Crippen LogP contribution < -0.4 is 15.5 Å². The van der Waals surface area contributed by atoms with Crippen molar-refractivity contribution in [3.05, 3.63) is 42.0 Å². The summed E-state index contributed by atoms with van der Waals surface area (Å²) in [6.07, 6.45) is 9.58. The third-order valence-corrected chi connectivity index (χ3v) is 5.16. The maximum Gasteiger partial charge on any atom is 0.191 e. The van der Waals surface area contributed by atoms with Crippen molar-refractivity contribution in [1.82, 2.24) is 10.6 Å². The molecule has 0 amide bonds. The Balaban J connectivity index is 1.46. The minimum Gasteiger partial charge on any atom is -0.364 e. The van der Waals surface area contributed by atoms with E-state index in [2.05, 4.69) is 63.9 Å². The van der Waals surface area contributed by atoms with Crippen molar-refractivity contribution >= 4 is 11.6 Å². The van der Waals surface area contributed by atoms with Gasteiger partial charge in [-0.25, -0.2) is 0 Å². The first-order valence-corrected chi connectivity index (χ1v) is 9.20. The molecule has 0 saturated heterocycles. The average molecular weight is 326 g/mol. The molecule has 3 rings (SSSR count). The van der Waals surface area contributed by atoms with Gasteiger partial charge in [-0.15, -0.1) is 0 Å². The second kappa shape index (κ2) is 8.22. The molecule has 2 N–H and O–H groups in total. The van der Waals surface area contributed by atoms with Crippen molar-refractivity contribution in [3.8, 4) is 0 Å². The fraction of sp³-hybridized carbons (Fsp3) is 0.550. The molecule has 1 aliphatic carbocycles. The van der Waals surface area contributed by atoms with Gasteiger partial charge in [-0.3, -0.25) is 4.99 Å². The van der Waals surface area contributed by atoms with Crippen molar-refractivity contribution in [3.63, 3.8) is 0 Å². The molecule has 1 aromatic rings. The smallest absolute Gasteiger partial charge is 0.191 e. The van der Waals surface area contributed by atoms with Crippen LogP contribution in [0, 0.1) is 5.92 Å². The molecule has 0 bridgehead atoms. The molecule has 1 saturated carbocycles. The standard InChI is InChI=1S/C20H30N4/c1-16-5-9-18(10-6-16)23-20(21-2)22-15-17-7-11-19(12-8-17)24-13-3-4-14-24/h3-4,7-8,11-12,16,18H,5-6,9-10,13-15H2,1-2H3,(H2,21,22,23). The van der Waals surface area contributed by atoms with Crippen molar-refractivity contribution < 1.29 is 0 Å². The fourth-order valence-electron chi connectivity index (χ4n) is 3.49. The van der Waals surface area contributed by atoms with Crippen molar-refractivity contribution in [1.29, 1.82) is 0 Å². The van der Waals surface area contributed by atoms with Crippen LogP contribution in [0.25, 0.3) is 0 Å². The summed E-state index contributed by atoms with van der Waals surface area (Å²) in [5.74, 6) is 1.80. The number of hydrogen-bond acceptors (Lipinski definition) is 2. The highest BCUT2D eigenvalue weighted by Crippen LogP contribution is 2.23. The molecule has 0 aromatic heterocycles. The van der Waals surface area contributed by atoms with Crippen LogP contribution in [0.5, 0.6) is 0 Å². The first kappa shape index (κ1) is 16.9. The molecule has 4 heteroatoms. The number of aliphatic imine (C=N–C) groups is 1. The van der Waals surface area contributed by atoms with Gasteiger partial charge in [-0.05, 0) is 49.3 Å². The quantitative estimate of drug-likeness (QED) is 0.507. The predicted molar refractivity (Wildman–Crippen MR) is 103 cm³/mol. The van der Waals surface area contributed by atoms with Crippen LogP contribution in [-0.4, -0.2) is 32.1 Å². The summed E-state index contributed by atoms with van der Waals surface area (Å²) in [5, 5.41) is 7.02. The van der Waals surface area contributed by atoms with E-state index in [4.69, 9.17) is 0 Å². The molecule has 0 spiro atoms. The van der Waals surface area contributed by atoms with Crippen LogP contribution in [0.4, 0.5) is 5.69 Å². The first-order chi connectivity index (χ1) is 11.7. The number of nitrogens with one attached hydrogen (secondary N) is 2. The monoisotopic (exact) mass is 326 g/mol. The summed E-state index contributed by atoms with van der Waals surface area (Å²) in [6, 6.07) is 9.40. The van der Waals surface area contributed by atoms with E-state index in [9.17, 15) is 0 Å². The van der Waals surface area contributed by atoms with E-state index in [1.807, 2.05) is 7.05 Å². The third-order valence-electron chi connectivity index (χ3n) is 5.16. The lowest BCUT2D eigenvalue weighted by Crippen LogP contribution is -2.44. The fourth-order valence-corrected chi connectivity index (χ4v) is 3.49. The molecule has 0 atom stereocenters. The molecular weight excluding hydrogens is 296 g/mol. The van der Waals surface area contributed by atoms with Gasteiger partial charge in [-0.2, -0.15) is 0 Å². The maximum atomic E-state index is 4.37. The molecule has 2 aliphatic rings. The van der Waals surface area contributed by atoms with Crippen LogP contribution in [0.2, 0.25) is 0 Å². The lowest BCUT2D eigenvalue weighted by molar-refractivity contribution is 0.329. The van der Waals surface area contributed by atoms with E-state index >= 15 is 0 Å². The lowest BCUT2D eigenvalue weighted by Gasteiger charge is -2.28. The Morgan fingerprint density at radius 1 is 1.08 bits per heavy atom. The normalized spacial score (nSPS) is 24.2. The molecule has 24 heavy (non-hydrogen) atoms. The Morgan fingerprint density at radius 2 is 1.75 bits per heavy atom. The number of hydrogen-bond donors (Lipinski definition) is 2. The Hall–Kier alpha value is -1.97. The average Bonchev–Trinajstić information content (AvgIpc) is 3.15. The zero-order valence-corrected chi connectivity index (χ0v) is 15.0. The van der Waals surface area contributed by atoms with Gasteiger partial charge in [0, 0.05) is 38.4 Å². The topological polar surface area (TPSA) is 39.7 Å². The lowest BCUT2D eigenvalue weighted by atomic mass is 9.87. The van der Waals surface area contributed by atoms with Gasteiger partial charge in [0.05, 0.1) is 0 Å². The maximum absolute atomic E-state index is 4.37. The van der Waals surface area contributed by atoms with Gasteiger partial charge >= 0.3 is 0 Å². The van der Waals surface area contributed by atoms with Crippen LogP contribution in [0.3, 0.4) is 0 Å². The molecular formula is C20H30N4. The van der Waals surface area contributed by atoms with E-state index < -0.39 is 0 Å². The zero-order valence-electron chi connectivity index (χ0n) is 15.0. The van der Waals surface area contributed by atoms with E-state index in [0.29, 0.717) is 6.04 Å². The van der Waals surface area contributed by atoms with Crippen LogP contribution >= 0.6 is 0 Å². The second-order valence-corrected chi connectivity index (χ2v) is 7.07. The van der Waals surface area contributed by atoms with E-state index in [-0.39, 0.29) is 0 Å². The highest BCUT2D eigenvalue weighted by Gasteiger charge is 2.18. The van der Waals surface area contributed by atoms with E-state index in [1.54, 1.807) is 0 Å². The van der Waals surface area contributed by atoms with Crippen LogP contribution in [0.15, 0.2) is 41.4 Å². The zero-order chi connectivity index (χ0) is 16.8. The SMILES string of the molecule is CN=C(NCc1ccc(N2CC=CC2)cc1)NC1CCC(C)CC1. The number of nitrogens with zero attached hydrogens (tertiary/aromatic N) is 2. The number of guanidine groups is 1. The Labute approximate surface area is 146 Å². The second-order valence-electron chi connectivity index (χ2n) is 7.07. The molecule has 1 aliphatic heterocycles. The van der Waals surface area contributed by atoms with Crippen molar-refractivity contribution in [2.75, 3.05) is 25.0 Å². The van der Waals surface area contributed by atoms with E-state index in [1.165, 1.54) is 36.9 Å². The van der Waals surface area contributed by atoms with Gasteiger partial charge in [0.15, 0.2) is 5.96 Å². The van der Waals surface area contributed by atoms with Crippen LogP contribution in [0.1, 0.15) is 38.2 Å². The Bertz CT molecular complexity index is 560. The van der Waals surface area contributed by atoms with Gasteiger partial charge in [-0.1, -0.05) is 31.2 Å². The van der Waals surface area contributed by atoms with Crippen molar-refractivity contribution in [2.24, 2.45) is 10.9 Å². The number of rotatable bonds is 4. The molecule has 1 heterocycles. The minimum absolute atomic E-state index is 0.567. The predicted octanol–water partition coefficient (Wildman–Crippen LogP) is 3.31. The van der Waals surface area contributed by atoms with Gasteiger partial charge in [0.25, 0.3) is 0 Å². The molecule has 1 fully saturated rings. The summed E-state index contributed by atoms with van der Waals surface area (Å²) in [7, 11) is 1.85. The summed E-state index contributed by atoms with van der Waals surface area (Å²) < 4.78 is 0. The Morgan fingerprint density at radius 3 is 2.38 bits per heavy atom. The van der Waals surface area contributed by atoms with Crippen molar-refractivity contribution in [2.45, 2.75) is 45.2 Å². The number of anilines is 1. The highest BCUT2D eigenvalue weighted by molar-refractivity contribution is 5.80. The molecule has 130 valence electrons. The largest absolute Gasteiger partial charge is 0.364 e. The summed E-state index contributed by atoms with van der Waals surface area (Å²) in [4.78, 5) is 6.74. The first-order valence-electron chi connectivity index (χ1n) is 9.20. The summed E-state index contributed by atoms with van der Waals surface area (Å²) in [6.45, 7) is 5.20. The third kappa shape index (κ3) is 4.53. The van der Waals surface area contributed by atoms with Gasteiger partial charge in [0.2, 0.25) is 0 Å². The van der Waals surface area contributed by atoms with E-state index in [0.717, 1.165) is 31.5 Å². The molecule has 4 nitrogen and oxygen atoms in total. The van der Waals surface area contributed by atoms with Gasteiger partial charge < -0.3 is 15.5 Å². The molecule has 0 radical (unpaired) electrons. The highest BCUT2D eigenvalue weighted by atomic mass is 15.2. The van der Waals surface area contributed by atoms with Crippen LogP contribution in [-0.2, 0) is 6.54 Å². The molecule has 1 aromatic carbocycles. The minimum atomic E-state index is 0.567. The Kier molecular flexibility index (Phi) is 5.78. The number of benzene rings is 1.